The fraction of sp³-hybridized carbons (Fsp3) is 0.447. The number of carbonyl (C=O) groups excluding carboxylic acids is 4. The van der Waals surface area contributed by atoms with Crippen molar-refractivity contribution in [2.45, 2.75) is 120 Å². The molecule has 13 nitrogen and oxygen atoms in total. The van der Waals surface area contributed by atoms with Crippen molar-refractivity contribution in [1.82, 2.24) is 20.5 Å². The van der Waals surface area contributed by atoms with E-state index in [0.717, 1.165) is 11.3 Å². The van der Waals surface area contributed by atoms with Crippen molar-refractivity contribution in [3.8, 4) is 11.5 Å². The Balaban J connectivity index is 1.49. The number of pyridine rings is 1. The number of carbonyl (C=O) groups is 4. The van der Waals surface area contributed by atoms with Crippen molar-refractivity contribution in [3.05, 3.63) is 95.7 Å². The lowest BCUT2D eigenvalue weighted by atomic mass is 9.79. The van der Waals surface area contributed by atoms with E-state index in [0.29, 0.717) is 35.4 Å². The molecule has 0 saturated heterocycles. The smallest absolute Gasteiger partial charge is 0.414 e. The van der Waals surface area contributed by atoms with Gasteiger partial charge in [0.05, 0.1) is 16.8 Å². The molecule has 1 aromatic heterocycles. The average Bonchev–Trinajstić information content (AvgIpc) is 3.08. The zero-order valence-corrected chi connectivity index (χ0v) is 37.5. The van der Waals surface area contributed by atoms with Crippen molar-refractivity contribution in [2.75, 3.05) is 6.54 Å². The number of guanidine groups is 1. The fourth-order valence-corrected chi connectivity index (χ4v) is 5.45. The predicted molar refractivity (Wildman–Crippen MR) is 234 cm³/mol. The molecule has 0 saturated carbocycles. The van der Waals surface area contributed by atoms with Gasteiger partial charge in [0.15, 0.2) is 0 Å². The highest BCUT2D eigenvalue weighted by molar-refractivity contribution is 6.02. The summed E-state index contributed by atoms with van der Waals surface area (Å²) in [5.74, 6) is -0.0359. The number of alkyl carbamates (subject to hydrolysis) is 2. The quantitative estimate of drug-likeness (QED) is 0.0725. The molecule has 0 atom stereocenters. The first-order valence-corrected chi connectivity index (χ1v) is 19.9. The van der Waals surface area contributed by atoms with Crippen molar-refractivity contribution < 1.29 is 38.1 Å². The van der Waals surface area contributed by atoms with Gasteiger partial charge in [0, 0.05) is 23.9 Å². The summed E-state index contributed by atoms with van der Waals surface area (Å²) in [5.41, 5.74) is 0.0584. The van der Waals surface area contributed by atoms with E-state index in [1.54, 1.807) is 71.9 Å². The zero-order valence-electron chi connectivity index (χ0n) is 37.5. The van der Waals surface area contributed by atoms with Crippen LogP contribution in [0.4, 0.5) is 15.3 Å². The van der Waals surface area contributed by atoms with Crippen molar-refractivity contribution in [1.29, 1.82) is 0 Å². The number of ether oxygens (including phenoxy) is 4. The lowest BCUT2D eigenvalue weighted by Crippen LogP contribution is -2.47. The largest absolute Gasteiger partial charge is 0.487 e. The summed E-state index contributed by atoms with van der Waals surface area (Å²) in [4.78, 5) is 63.0. The van der Waals surface area contributed by atoms with Gasteiger partial charge in [-0.25, -0.2) is 24.4 Å². The van der Waals surface area contributed by atoms with Crippen LogP contribution < -0.4 is 20.1 Å². The molecule has 4 rings (SSSR count). The summed E-state index contributed by atoms with van der Waals surface area (Å²) in [6.07, 6.45) is -1.67. The van der Waals surface area contributed by atoms with Crippen LogP contribution in [-0.4, -0.2) is 63.3 Å². The number of aromatic nitrogens is 1. The van der Waals surface area contributed by atoms with Crippen molar-refractivity contribution in [3.63, 3.8) is 0 Å². The number of amides is 3. The van der Waals surface area contributed by atoms with Gasteiger partial charge in [-0.3, -0.25) is 15.4 Å². The molecule has 322 valence electrons. The predicted octanol–water partition coefficient (Wildman–Crippen LogP) is 10.4. The van der Waals surface area contributed by atoms with E-state index in [-0.39, 0.29) is 34.0 Å². The fourth-order valence-electron chi connectivity index (χ4n) is 5.45. The molecule has 0 aliphatic rings. The molecule has 2 N–H and O–H groups in total. The number of hydrogen-bond donors (Lipinski definition) is 2. The minimum absolute atomic E-state index is 0.0910. The van der Waals surface area contributed by atoms with Crippen LogP contribution in [0.15, 0.2) is 83.9 Å². The summed E-state index contributed by atoms with van der Waals surface area (Å²) < 4.78 is 22.7. The summed E-state index contributed by atoms with van der Waals surface area (Å²) in [7, 11) is 0. The first-order chi connectivity index (χ1) is 27.6. The lowest BCUT2D eigenvalue weighted by molar-refractivity contribution is 0.000697. The van der Waals surface area contributed by atoms with Gasteiger partial charge in [0.2, 0.25) is 5.96 Å². The summed E-state index contributed by atoms with van der Waals surface area (Å²) in [6, 6.07) is 22.4. The van der Waals surface area contributed by atoms with Crippen LogP contribution in [-0.2, 0) is 16.0 Å². The monoisotopic (exact) mass is 823 g/mol. The Kier molecular flexibility index (Phi) is 14.1. The Labute approximate surface area is 354 Å². The third kappa shape index (κ3) is 14.4. The zero-order chi connectivity index (χ0) is 44.8. The molecule has 0 aliphatic heterocycles. The van der Waals surface area contributed by atoms with Gasteiger partial charge in [0.25, 0.3) is 5.91 Å². The molecule has 0 fully saturated rings. The minimum atomic E-state index is -0.836. The van der Waals surface area contributed by atoms with E-state index in [4.69, 9.17) is 23.9 Å². The van der Waals surface area contributed by atoms with Gasteiger partial charge in [-0.1, -0.05) is 59.7 Å². The van der Waals surface area contributed by atoms with Gasteiger partial charge >= 0.3 is 18.2 Å². The summed E-state index contributed by atoms with van der Waals surface area (Å²) in [5, 5.41) is 5.52. The standard InChI is InChI=1S/C47H61N5O8/c1-43(2,3)29-52(28-30-16-15-17-35(26-30)58-47(13,14)44(4,5)6)38(53)37-24-20-32-27-34(23-25-36(32)49-37)57-39(54)31-18-21-33(22-19-31)48-40(50-41(55)59-45(7,8)9)51-42(56)60-46(10,11)12/h15-27H,28-29H2,1-14H3,(H2,48,50,51,55,56). The maximum atomic E-state index is 14.1. The molecule has 0 radical (unpaired) electrons. The molecule has 0 unspecified atom stereocenters. The van der Waals surface area contributed by atoms with Crippen LogP contribution in [0, 0.1) is 10.8 Å². The van der Waals surface area contributed by atoms with Crippen LogP contribution in [0.3, 0.4) is 0 Å². The van der Waals surface area contributed by atoms with Gasteiger partial charge in [-0.2, -0.15) is 0 Å². The first-order valence-electron chi connectivity index (χ1n) is 19.9. The van der Waals surface area contributed by atoms with E-state index in [9.17, 15) is 19.2 Å². The molecule has 60 heavy (non-hydrogen) atoms. The highest BCUT2D eigenvalue weighted by Crippen LogP contribution is 2.35. The topological polar surface area (TPSA) is 158 Å². The molecule has 1 heterocycles. The number of aliphatic imine (C=N–C) groups is 1. The van der Waals surface area contributed by atoms with Crippen LogP contribution in [0.2, 0.25) is 0 Å². The van der Waals surface area contributed by atoms with Gasteiger partial charge < -0.3 is 23.8 Å². The van der Waals surface area contributed by atoms with E-state index < -0.39 is 35.0 Å². The van der Waals surface area contributed by atoms with Crippen LogP contribution in [0.1, 0.15) is 123 Å². The third-order valence-corrected chi connectivity index (χ3v) is 9.08. The Bertz CT molecular complexity index is 2190. The number of rotatable bonds is 9. The average molecular weight is 824 g/mol. The number of fused-ring (bicyclic) bond motifs is 1. The number of hydrogen-bond acceptors (Lipinski definition) is 10. The Hall–Kier alpha value is -5.98. The number of nitrogens with one attached hydrogen (secondary N) is 2. The number of benzene rings is 3. The third-order valence-electron chi connectivity index (χ3n) is 9.08. The second-order valence-electron chi connectivity index (χ2n) is 19.4. The molecule has 4 aromatic rings. The first kappa shape index (κ1) is 46.7. The normalized spacial score (nSPS) is 12.2. The molecular formula is C47H61N5O8. The van der Waals surface area contributed by atoms with E-state index in [2.05, 4.69) is 71.0 Å². The maximum absolute atomic E-state index is 14.1. The summed E-state index contributed by atoms with van der Waals surface area (Å²) >= 11 is 0. The molecule has 3 aromatic carbocycles. The number of nitrogens with zero attached hydrogens (tertiary/aromatic N) is 3. The van der Waals surface area contributed by atoms with Crippen LogP contribution in [0.25, 0.3) is 10.9 Å². The molecule has 13 heteroatoms. The molecule has 0 aliphatic carbocycles. The van der Waals surface area contributed by atoms with Gasteiger partial charge in [0.1, 0.15) is 34.0 Å². The van der Waals surface area contributed by atoms with Crippen LogP contribution in [0.5, 0.6) is 11.5 Å². The van der Waals surface area contributed by atoms with E-state index in [1.807, 2.05) is 29.2 Å². The van der Waals surface area contributed by atoms with Crippen LogP contribution >= 0.6 is 0 Å². The molecule has 3 amide bonds. The van der Waals surface area contributed by atoms with Gasteiger partial charge in [-0.15, -0.1) is 0 Å². The Morgan fingerprint density at radius 3 is 1.83 bits per heavy atom. The van der Waals surface area contributed by atoms with Gasteiger partial charge in [-0.05, 0) is 127 Å². The highest BCUT2D eigenvalue weighted by Gasteiger charge is 2.35. The SMILES string of the molecule is CC(C)(C)CN(Cc1cccc(OC(C)(C)C(C)(C)C)c1)C(=O)c1ccc2cc(OC(=O)c3ccc(N=C(NC(=O)OC(C)(C)C)NC(=O)OC(C)(C)C)cc3)ccc2n1. The summed E-state index contributed by atoms with van der Waals surface area (Å²) in [6.45, 7) is 27.9. The molecule has 0 spiro atoms. The number of esters is 1. The van der Waals surface area contributed by atoms with Crippen molar-refractivity contribution >= 4 is 46.6 Å². The molecular weight excluding hydrogens is 763 g/mol. The van der Waals surface area contributed by atoms with Crippen molar-refractivity contribution in [2.24, 2.45) is 15.8 Å². The Morgan fingerprint density at radius 1 is 0.683 bits per heavy atom. The molecule has 0 bridgehead atoms. The van der Waals surface area contributed by atoms with E-state index >= 15 is 0 Å². The Morgan fingerprint density at radius 2 is 1.28 bits per heavy atom. The second-order valence-corrected chi connectivity index (χ2v) is 19.4. The maximum Gasteiger partial charge on any atom is 0.414 e. The minimum Gasteiger partial charge on any atom is -0.487 e. The highest BCUT2D eigenvalue weighted by atomic mass is 16.6. The lowest BCUT2D eigenvalue weighted by Gasteiger charge is -2.39. The van der Waals surface area contributed by atoms with E-state index in [1.165, 1.54) is 24.3 Å². The second kappa shape index (κ2) is 18.1.